The number of ether oxygens (including phenoxy) is 1. The largest absolute Gasteiger partial charge is 0.482 e. The first-order valence-corrected chi connectivity index (χ1v) is 6.76. The van der Waals surface area contributed by atoms with Crippen molar-refractivity contribution in [2.45, 2.75) is 6.42 Å². The molecule has 6 heteroatoms. The van der Waals surface area contributed by atoms with Crippen LogP contribution < -0.4 is 15.8 Å². The van der Waals surface area contributed by atoms with Crippen LogP contribution in [0.3, 0.4) is 0 Å². The van der Waals surface area contributed by atoms with Crippen molar-refractivity contribution in [1.29, 1.82) is 0 Å². The Kier molecular flexibility index (Phi) is 4.74. The molecule has 19 heavy (non-hydrogen) atoms. The number of aromatic nitrogens is 1. The van der Waals surface area contributed by atoms with Gasteiger partial charge in [-0.1, -0.05) is 12.1 Å². The average Bonchev–Trinajstić information content (AvgIpc) is 2.91. The van der Waals surface area contributed by atoms with E-state index in [1.807, 2.05) is 17.5 Å². The van der Waals surface area contributed by atoms with Crippen LogP contribution in [-0.4, -0.2) is 24.0 Å². The summed E-state index contributed by atoms with van der Waals surface area (Å²) in [4.78, 5) is 15.7. The first-order valence-electron chi connectivity index (χ1n) is 5.88. The van der Waals surface area contributed by atoms with Crippen molar-refractivity contribution in [1.82, 2.24) is 10.3 Å². The number of carbonyl (C=O) groups is 1. The monoisotopic (exact) mass is 277 g/mol. The highest BCUT2D eigenvalue weighted by atomic mass is 32.1. The zero-order valence-electron chi connectivity index (χ0n) is 10.3. The third-order valence-electron chi connectivity index (χ3n) is 2.42. The number of hydrogen-bond acceptors (Lipinski definition) is 5. The van der Waals surface area contributed by atoms with Gasteiger partial charge in [-0.05, 0) is 12.1 Å². The third kappa shape index (κ3) is 4.26. The van der Waals surface area contributed by atoms with Gasteiger partial charge >= 0.3 is 0 Å². The molecule has 0 unspecified atom stereocenters. The predicted molar refractivity (Wildman–Crippen MR) is 75.2 cm³/mol. The molecule has 0 spiro atoms. The van der Waals surface area contributed by atoms with Crippen molar-refractivity contribution in [3.05, 3.63) is 40.8 Å². The molecule has 3 N–H and O–H groups in total. The topological polar surface area (TPSA) is 77.2 Å². The van der Waals surface area contributed by atoms with Gasteiger partial charge in [0, 0.05) is 24.5 Å². The standard InChI is InChI=1S/C13H15N3O2S/c14-10-3-1-2-4-11(10)18-9-12(17)15-6-5-13-16-7-8-19-13/h1-4,7-8H,5-6,9,14H2,(H,15,17). The summed E-state index contributed by atoms with van der Waals surface area (Å²) in [6, 6.07) is 7.09. The number of thiazole rings is 1. The molecule has 1 aromatic heterocycles. The van der Waals surface area contributed by atoms with Crippen molar-refractivity contribution in [2.75, 3.05) is 18.9 Å². The second-order valence-corrected chi connectivity index (χ2v) is 4.83. The molecule has 0 radical (unpaired) electrons. The summed E-state index contributed by atoms with van der Waals surface area (Å²) >= 11 is 1.58. The summed E-state index contributed by atoms with van der Waals surface area (Å²) in [5.74, 6) is 0.359. The third-order valence-corrected chi connectivity index (χ3v) is 3.26. The summed E-state index contributed by atoms with van der Waals surface area (Å²) in [6.45, 7) is 0.520. The number of nitrogens with two attached hydrogens (primary N) is 1. The molecule has 0 aliphatic carbocycles. The Morgan fingerprint density at radius 1 is 1.42 bits per heavy atom. The van der Waals surface area contributed by atoms with Gasteiger partial charge in [-0.3, -0.25) is 4.79 Å². The number of rotatable bonds is 6. The van der Waals surface area contributed by atoms with E-state index in [-0.39, 0.29) is 12.5 Å². The summed E-state index contributed by atoms with van der Waals surface area (Å²) in [5, 5.41) is 5.70. The van der Waals surface area contributed by atoms with Crippen molar-refractivity contribution in [2.24, 2.45) is 0 Å². The van der Waals surface area contributed by atoms with Crippen LogP contribution in [-0.2, 0) is 11.2 Å². The van der Waals surface area contributed by atoms with Crippen LogP contribution in [0.4, 0.5) is 5.69 Å². The van der Waals surface area contributed by atoms with E-state index in [1.54, 1.807) is 29.7 Å². The zero-order chi connectivity index (χ0) is 13.5. The lowest BCUT2D eigenvalue weighted by Gasteiger charge is -2.08. The predicted octanol–water partition coefficient (Wildman–Crippen LogP) is 1.46. The molecule has 0 bridgehead atoms. The van der Waals surface area contributed by atoms with Gasteiger partial charge in [-0.25, -0.2) is 4.98 Å². The lowest BCUT2D eigenvalue weighted by Crippen LogP contribution is -2.30. The van der Waals surface area contributed by atoms with E-state index >= 15 is 0 Å². The molecular formula is C13H15N3O2S. The van der Waals surface area contributed by atoms with Crippen LogP contribution in [0, 0.1) is 0 Å². The molecule has 0 fully saturated rings. The van der Waals surface area contributed by atoms with E-state index in [9.17, 15) is 4.79 Å². The molecule has 0 saturated heterocycles. The van der Waals surface area contributed by atoms with Gasteiger partial charge in [0.25, 0.3) is 5.91 Å². The lowest BCUT2D eigenvalue weighted by molar-refractivity contribution is -0.123. The maximum absolute atomic E-state index is 11.6. The number of carbonyl (C=O) groups excluding carboxylic acids is 1. The van der Waals surface area contributed by atoms with E-state index in [1.165, 1.54) is 0 Å². The van der Waals surface area contributed by atoms with Crippen LogP contribution in [0.5, 0.6) is 5.75 Å². The molecule has 2 aromatic rings. The van der Waals surface area contributed by atoms with E-state index in [2.05, 4.69) is 10.3 Å². The number of hydrogen-bond donors (Lipinski definition) is 2. The Morgan fingerprint density at radius 3 is 3.00 bits per heavy atom. The van der Waals surface area contributed by atoms with Crippen molar-refractivity contribution < 1.29 is 9.53 Å². The summed E-state index contributed by atoms with van der Waals surface area (Å²) < 4.78 is 5.34. The smallest absolute Gasteiger partial charge is 0.257 e. The van der Waals surface area contributed by atoms with Crippen LogP contribution in [0.15, 0.2) is 35.8 Å². The van der Waals surface area contributed by atoms with Crippen LogP contribution in [0.1, 0.15) is 5.01 Å². The molecule has 0 atom stereocenters. The molecule has 2 rings (SSSR count). The van der Waals surface area contributed by atoms with Gasteiger partial charge in [0.15, 0.2) is 6.61 Å². The minimum atomic E-state index is -0.167. The quantitative estimate of drug-likeness (QED) is 0.784. The van der Waals surface area contributed by atoms with Gasteiger partial charge in [0.1, 0.15) is 5.75 Å². The first kappa shape index (κ1) is 13.4. The highest BCUT2D eigenvalue weighted by Gasteiger charge is 2.04. The van der Waals surface area contributed by atoms with Crippen molar-refractivity contribution >= 4 is 22.9 Å². The van der Waals surface area contributed by atoms with Gasteiger partial charge in [-0.2, -0.15) is 0 Å². The van der Waals surface area contributed by atoms with Gasteiger partial charge in [0.2, 0.25) is 0 Å². The number of anilines is 1. The Morgan fingerprint density at radius 2 is 2.26 bits per heavy atom. The fourth-order valence-corrected chi connectivity index (χ4v) is 2.11. The second kappa shape index (κ2) is 6.75. The molecule has 5 nitrogen and oxygen atoms in total. The Labute approximate surface area is 115 Å². The normalized spacial score (nSPS) is 10.1. The molecule has 100 valence electrons. The average molecular weight is 277 g/mol. The number of amides is 1. The minimum Gasteiger partial charge on any atom is -0.482 e. The Hall–Kier alpha value is -2.08. The number of para-hydroxylation sites is 2. The highest BCUT2D eigenvalue weighted by molar-refractivity contribution is 7.09. The molecule has 0 aliphatic rings. The molecule has 1 amide bonds. The SMILES string of the molecule is Nc1ccccc1OCC(=O)NCCc1nccs1. The van der Waals surface area contributed by atoms with Crippen LogP contribution in [0.25, 0.3) is 0 Å². The van der Waals surface area contributed by atoms with Crippen molar-refractivity contribution in [3.8, 4) is 5.75 Å². The highest BCUT2D eigenvalue weighted by Crippen LogP contribution is 2.19. The zero-order valence-corrected chi connectivity index (χ0v) is 11.2. The fourth-order valence-electron chi connectivity index (χ4n) is 1.49. The van der Waals surface area contributed by atoms with Gasteiger partial charge < -0.3 is 15.8 Å². The van der Waals surface area contributed by atoms with E-state index < -0.39 is 0 Å². The molecule has 1 aromatic carbocycles. The number of nitrogens with zero attached hydrogens (tertiary/aromatic N) is 1. The maximum atomic E-state index is 11.6. The summed E-state index contributed by atoms with van der Waals surface area (Å²) in [7, 11) is 0. The minimum absolute atomic E-state index is 0.0356. The van der Waals surface area contributed by atoms with E-state index in [4.69, 9.17) is 10.5 Å². The summed E-state index contributed by atoms with van der Waals surface area (Å²) in [6.07, 6.45) is 2.49. The maximum Gasteiger partial charge on any atom is 0.257 e. The van der Waals surface area contributed by atoms with Gasteiger partial charge in [0.05, 0.1) is 10.7 Å². The summed E-state index contributed by atoms with van der Waals surface area (Å²) in [5.41, 5.74) is 6.23. The van der Waals surface area contributed by atoms with Crippen LogP contribution in [0.2, 0.25) is 0 Å². The van der Waals surface area contributed by atoms with E-state index in [0.29, 0.717) is 18.0 Å². The number of benzene rings is 1. The van der Waals surface area contributed by atoms with Crippen molar-refractivity contribution in [3.63, 3.8) is 0 Å². The molecule has 0 saturated carbocycles. The number of nitrogen functional groups attached to an aromatic ring is 1. The molecule has 0 aliphatic heterocycles. The lowest BCUT2D eigenvalue weighted by atomic mass is 10.3. The molecule has 1 heterocycles. The Balaban J connectivity index is 1.69. The van der Waals surface area contributed by atoms with E-state index in [0.717, 1.165) is 11.4 Å². The fraction of sp³-hybridized carbons (Fsp3) is 0.231. The van der Waals surface area contributed by atoms with Crippen LogP contribution >= 0.6 is 11.3 Å². The van der Waals surface area contributed by atoms with Gasteiger partial charge in [-0.15, -0.1) is 11.3 Å². The first-order chi connectivity index (χ1) is 9.25. The Bertz CT molecular complexity index is 528. The second-order valence-electron chi connectivity index (χ2n) is 3.85. The number of nitrogens with one attached hydrogen (secondary N) is 1. The molecular weight excluding hydrogens is 262 g/mol.